The van der Waals surface area contributed by atoms with Crippen LogP contribution in [0.15, 0.2) is 28.7 Å². The van der Waals surface area contributed by atoms with Crippen molar-refractivity contribution in [3.8, 4) is 5.75 Å². The van der Waals surface area contributed by atoms with Crippen molar-refractivity contribution in [1.82, 2.24) is 4.90 Å². The molecule has 22 heavy (non-hydrogen) atoms. The van der Waals surface area contributed by atoms with Gasteiger partial charge < -0.3 is 14.7 Å². The molecule has 1 saturated carbocycles. The zero-order valence-corrected chi connectivity index (χ0v) is 13.7. The van der Waals surface area contributed by atoms with Gasteiger partial charge in [-0.1, -0.05) is 22.0 Å². The summed E-state index contributed by atoms with van der Waals surface area (Å²) in [6.45, 7) is 1.12. The Morgan fingerprint density at radius 2 is 1.95 bits per heavy atom. The zero-order valence-electron chi connectivity index (χ0n) is 12.1. The first-order valence-corrected chi connectivity index (χ1v) is 8.25. The average molecular weight is 368 g/mol. The van der Waals surface area contributed by atoms with E-state index in [2.05, 4.69) is 15.9 Å². The van der Waals surface area contributed by atoms with Gasteiger partial charge in [-0.2, -0.15) is 0 Å². The number of nitrogens with zero attached hydrogens (tertiary/aromatic N) is 1. The molecule has 5 nitrogen and oxygen atoms in total. The Morgan fingerprint density at radius 3 is 2.50 bits per heavy atom. The Labute approximate surface area is 137 Å². The maximum Gasteiger partial charge on any atom is 0.319 e. The van der Waals surface area contributed by atoms with Crippen molar-refractivity contribution in [3.05, 3.63) is 28.7 Å². The first-order chi connectivity index (χ1) is 10.5. The molecule has 3 rings (SSSR count). The molecule has 1 heterocycles. The predicted octanol–water partition coefficient (Wildman–Crippen LogP) is 2.68. The monoisotopic (exact) mass is 367 g/mol. The minimum Gasteiger partial charge on any atom is -0.490 e. The lowest BCUT2D eigenvalue weighted by atomic mass is 10.0. The Balaban J connectivity index is 1.54. The number of hydrogen-bond donors (Lipinski definition) is 1. The number of carbonyl (C=O) groups excluding carboxylic acids is 1. The molecule has 1 amide bonds. The van der Waals surface area contributed by atoms with E-state index in [0.29, 0.717) is 25.9 Å². The highest BCUT2D eigenvalue weighted by atomic mass is 79.9. The van der Waals surface area contributed by atoms with Crippen molar-refractivity contribution in [2.45, 2.75) is 31.8 Å². The molecular weight excluding hydrogens is 350 g/mol. The van der Waals surface area contributed by atoms with Gasteiger partial charge in [0.25, 0.3) is 0 Å². The van der Waals surface area contributed by atoms with Crippen molar-refractivity contribution >= 4 is 27.8 Å². The minimum absolute atomic E-state index is 0.0679. The van der Waals surface area contributed by atoms with E-state index in [1.165, 1.54) is 0 Å². The molecular formula is C16H18BrNO4. The van der Waals surface area contributed by atoms with Crippen molar-refractivity contribution in [2.75, 3.05) is 13.1 Å². The molecule has 118 valence electrons. The number of halogens is 1. The van der Waals surface area contributed by atoms with Gasteiger partial charge in [0.05, 0.1) is 0 Å². The van der Waals surface area contributed by atoms with Crippen molar-refractivity contribution in [2.24, 2.45) is 5.41 Å². The molecule has 0 aromatic heterocycles. The van der Waals surface area contributed by atoms with Crippen LogP contribution in [0.3, 0.4) is 0 Å². The lowest BCUT2D eigenvalue weighted by Crippen LogP contribution is -2.46. The number of likely N-dealkylation sites (tertiary alicyclic amines) is 1. The summed E-state index contributed by atoms with van der Waals surface area (Å²) in [7, 11) is 0. The van der Waals surface area contributed by atoms with E-state index in [1.807, 2.05) is 24.3 Å². The van der Waals surface area contributed by atoms with E-state index in [9.17, 15) is 14.7 Å². The summed E-state index contributed by atoms with van der Waals surface area (Å²) in [6, 6.07) is 7.68. The van der Waals surface area contributed by atoms with Crippen LogP contribution in [-0.2, 0) is 9.59 Å². The van der Waals surface area contributed by atoms with Gasteiger partial charge in [-0.05, 0) is 31.0 Å². The summed E-state index contributed by atoms with van der Waals surface area (Å²) in [5.41, 5.74) is -1.13. The van der Waals surface area contributed by atoms with Crippen LogP contribution in [0.4, 0.5) is 0 Å². The third kappa shape index (κ3) is 2.97. The van der Waals surface area contributed by atoms with Crippen LogP contribution in [0.5, 0.6) is 5.75 Å². The first-order valence-electron chi connectivity index (χ1n) is 7.46. The highest BCUT2D eigenvalue weighted by Gasteiger charge is 2.58. The number of hydrogen-bond acceptors (Lipinski definition) is 3. The van der Waals surface area contributed by atoms with Crippen LogP contribution < -0.4 is 4.74 Å². The molecule has 6 heteroatoms. The number of benzene rings is 1. The molecule has 1 N–H and O–H groups in total. The molecule has 0 bridgehead atoms. The number of carboxylic acids is 1. The number of carbonyl (C=O) groups is 2. The van der Waals surface area contributed by atoms with Gasteiger partial charge >= 0.3 is 5.97 Å². The second kappa shape index (κ2) is 5.91. The van der Waals surface area contributed by atoms with E-state index in [1.54, 1.807) is 4.90 Å². The van der Waals surface area contributed by atoms with Crippen LogP contribution in [0.1, 0.15) is 25.7 Å². The fraction of sp³-hybridized carbons (Fsp3) is 0.500. The van der Waals surface area contributed by atoms with Crippen LogP contribution in [0.25, 0.3) is 0 Å². The number of rotatable bonds is 4. The Morgan fingerprint density at radius 1 is 1.27 bits per heavy atom. The van der Waals surface area contributed by atoms with E-state index < -0.39 is 11.4 Å². The molecule has 1 aliphatic heterocycles. The zero-order chi connectivity index (χ0) is 15.7. The van der Waals surface area contributed by atoms with Crippen LogP contribution in [0, 0.1) is 5.41 Å². The molecule has 1 aromatic carbocycles. The van der Waals surface area contributed by atoms with Gasteiger partial charge in [-0.15, -0.1) is 0 Å². The summed E-state index contributed by atoms with van der Waals surface area (Å²) in [4.78, 5) is 25.2. The number of amides is 1. The van der Waals surface area contributed by atoms with Gasteiger partial charge in [0.15, 0.2) is 0 Å². The Hall–Kier alpha value is -1.56. The second-order valence-electron chi connectivity index (χ2n) is 5.95. The summed E-state index contributed by atoms with van der Waals surface area (Å²) in [5, 5.41) is 9.20. The molecule has 1 saturated heterocycles. The van der Waals surface area contributed by atoms with Crippen LogP contribution in [-0.4, -0.2) is 41.1 Å². The van der Waals surface area contributed by atoms with Gasteiger partial charge in [-0.25, -0.2) is 0 Å². The third-order valence-corrected chi connectivity index (χ3v) is 4.89. The highest BCUT2D eigenvalue weighted by molar-refractivity contribution is 9.10. The van der Waals surface area contributed by atoms with E-state index in [4.69, 9.17) is 4.74 Å². The minimum atomic E-state index is -1.13. The van der Waals surface area contributed by atoms with Gasteiger partial charge in [0, 0.05) is 30.4 Å². The van der Waals surface area contributed by atoms with Crippen molar-refractivity contribution in [1.29, 1.82) is 0 Å². The summed E-state index contributed by atoms with van der Waals surface area (Å²) >= 11 is 3.41. The highest BCUT2D eigenvalue weighted by Crippen LogP contribution is 2.47. The normalized spacial score (nSPS) is 20.5. The summed E-state index contributed by atoms with van der Waals surface area (Å²) < 4.78 is 6.90. The average Bonchev–Trinajstić information content (AvgIpc) is 3.29. The van der Waals surface area contributed by atoms with Crippen molar-refractivity contribution < 1.29 is 19.4 Å². The lowest BCUT2D eigenvalue weighted by molar-refractivity contribution is -0.154. The quantitative estimate of drug-likeness (QED) is 0.830. The molecule has 1 aliphatic carbocycles. The largest absolute Gasteiger partial charge is 0.490 e. The molecule has 2 aliphatic rings. The van der Waals surface area contributed by atoms with E-state index in [-0.39, 0.29) is 12.0 Å². The number of ether oxygens (including phenoxy) is 1. The SMILES string of the molecule is O=C(O)C1(C(=O)N2CCC(Oc3cccc(Br)c3)CC2)CC1. The molecule has 0 spiro atoms. The maximum absolute atomic E-state index is 12.3. The lowest BCUT2D eigenvalue weighted by Gasteiger charge is -2.33. The maximum atomic E-state index is 12.3. The molecule has 0 radical (unpaired) electrons. The van der Waals surface area contributed by atoms with E-state index >= 15 is 0 Å². The van der Waals surface area contributed by atoms with Gasteiger partial charge in [0.1, 0.15) is 17.3 Å². The van der Waals surface area contributed by atoms with Gasteiger partial charge in [-0.3, -0.25) is 9.59 Å². The standard InChI is InChI=1S/C16H18BrNO4/c17-11-2-1-3-13(10-11)22-12-4-8-18(9-5-12)14(19)16(6-7-16)15(20)21/h1-3,10,12H,4-9H2,(H,20,21). The Kier molecular flexibility index (Phi) is 4.12. The number of aliphatic carboxylic acids is 1. The Bertz CT molecular complexity index is 592. The predicted molar refractivity (Wildman–Crippen MR) is 83.7 cm³/mol. The van der Waals surface area contributed by atoms with E-state index in [0.717, 1.165) is 23.1 Å². The topological polar surface area (TPSA) is 66.8 Å². The molecule has 0 atom stereocenters. The van der Waals surface area contributed by atoms with Crippen LogP contribution >= 0.6 is 15.9 Å². The third-order valence-electron chi connectivity index (χ3n) is 4.40. The van der Waals surface area contributed by atoms with Crippen LogP contribution in [0.2, 0.25) is 0 Å². The molecule has 1 aromatic rings. The second-order valence-corrected chi connectivity index (χ2v) is 6.87. The summed E-state index contributed by atoms with van der Waals surface area (Å²) in [5.74, 6) is -0.394. The molecule has 2 fully saturated rings. The number of piperidine rings is 1. The fourth-order valence-corrected chi connectivity index (χ4v) is 3.23. The van der Waals surface area contributed by atoms with Gasteiger partial charge in [0.2, 0.25) is 5.91 Å². The smallest absolute Gasteiger partial charge is 0.319 e. The number of carboxylic acid groups (broad SMARTS) is 1. The van der Waals surface area contributed by atoms with Crippen molar-refractivity contribution in [3.63, 3.8) is 0 Å². The fourth-order valence-electron chi connectivity index (χ4n) is 2.86. The summed E-state index contributed by atoms with van der Waals surface area (Å²) in [6.07, 6.45) is 2.46. The first kappa shape index (κ1) is 15.3. The molecule has 0 unspecified atom stereocenters.